The number of methoxy groups -OCH3 is 1. The second kappa shape index (κ2) is 8.61. The molecule has 138 valence electrons. The van der Waals surface area contributed by atoms with Crippen LogP contribution in [-0.2, 0) is 9.59 Å². The molecular weight excluding hydrogens is 336 g/mol. The van der Waals surface area contributed by atoms with E-state index in [4.69, 9.17) is 4.74 Å². The molecule has 25 heavy (non-hydrogen) atoms. The van der Waals surface area contributed by atoms with Gasteiger partial charge in [-0.15, -0.1) is 11.8 Å². The van der Waals surface area contributed by atoms with E-state index in [1.807, 2.05) is 61.8 Å². The molecule has 0 aromatic heterocycles. The first-order valence-corrected chi connectivity index (χ1v) is 9.73. The van der Waals surface area contributed by atoms with Crippen molar-refractivity contribution in [3.63, 3.8) is 0 Å². The first-order valence-electron chi connectivity index (χ1n) is 8.79. The number of thioether (sulfide) groups is 1. The molecule has 0 saturated carbocycles. The summed E-state index contributed by atoms with van der Waals surface area (Å²) >= 11 is 1.63. The standard InChI is InChI=1S/C19H28N2O3S/c1-6-17(22)20(13(2)3)11-12-21-18(23)14(4)25-19(21)15-9-7-8-10-16(15)24-5/h7-10,13-14,19H,6,11-12H2,1-5H3/t14-,19+/m1/s1. The number of nitrogens with zero attached hydrogens (tertiary/aromatic N) is 2. The molecule has 0 aliphatic carbocycles. The van der Waals surface area contributed by atoms with E-state index in [1.54, 1.807) is 18.9 Å². The molecule has 1 saturated heterocycles. The highest BCUT2D eigenvalue weighted by Gasteiger charge is 2.39. The number of carbonyl (C=O) groups is 2. The van der Waals surface area contributed by atoms with Crippen LogP contribution in [0, 0.1) is 0 Å². The predicted molar refractivity (Wildman–Crippen MR) is 102 cm³/mol. The van der Waals surface area contributed by atoms with Crippen LogP contribution in [0.4, 0.5) is 0 Å². The van der Waals surface area contributed by atoms with Crippen molar-refractivity contribution in [1.82, 2.24) is 9.80 Å². The van der Waals surface area contributed by atoms with Gasteiger partial charge in [-0.3, -0.25) is 9.59 Å². The van der Waals surface area contributed by atoms with Gasteiger partial charge >= 0.3 is 0 Å². The maximum absolute atomic E-state index is 12.7. The first kappa shape index (κ1) is 19.6. The molecule has 0 bridgehead atoms. The maximum Gasteiger partial charge on any atom is 0.236 e. The largest absolute Gasteiger partial charge is 0.496 e. The van der Waals surface area contributed by atoms with E-state index >= 15 is 0 Å². The number of ether oxygens (including phenoxy) is 1. The van der Waals surface area contributed by atoms with Crippen molar-refractivity contribution >= 4 is 23.6 Å². The van der Waals surface area contributed by atoms with Crippen LogP contribution in [0.5, 0.6) is 5.75 Å². The third-order valence-corrected chi connectivity index (χ3v) is 5.86. The lowest BCUT2D eigenvalue weighted by Gasteiger charge is -2.31. The van der Waals surface area contributed by atoms with Gasteiger partial charge in [-0.2, -0.15) is 0 Å². The van der Waals surface area contributed by atoms with E-state index in [9.17, 15) is 9.59 Å². The zero-order chi connectivity index (χ0) is 18.6. The van der Waals surface area contributed by atoms with Gasteiger partial charge in [0.2, 0.25) is 11.8 Å². The lowest BCUT2D eigenvalue weighted by molar-refractivity contribution is -0.135. The Morgan fingerprint density at radius 1 is 1.36 bits per heavy atom. The Morgan fingerprint density at radius 3 is 2.64 bits per heavy atom. The highest BCUT2D eigenvalue weighted by atomic mass is 32.2. The lowest BCUT2D eigenvalue weighted by atomic mass is 10.1. The molecular formula is C19H28N2O3S. The van der Waals surface area contributed by atoms with Crippen molar-refractivity contribution in [2.75, 3.05) is 20.2 Å². The minimum atomic E-state index is -0.0933. The van der Waals surface area contributed by atoms with Crippen molar-refractivity contribution < 1.29 is 14.3 Å². The summed E-state index contributed by atoms with van der Waals surface area (Å²) in [6.45, 7) is 8.90. The van der Waals surface area contributed by atoms with Gasteiger partial charge in [-0.05, 0) is 26.8 Å². The molecule has 0 N–H and O–H groups in total. The summed E-state index contributed by atoms with van der Waals surface area (Å²) in [4.78, 5) is 28.6. The maximum atomic E-state index is 12.7. The molecule has 1 aromatic rings. The molecule has 1 heterocycles. The molecule has 2 amide bonds. The second-order valence-electron chi connectivity index (χ2n) is 6.44. The third-order valence-electron chi connectivity index (χ3n) is 4.48. The fraction of sp³-hybridized carbons (Fsp3) is 0.579. The molecule has 0 spiro atoms. The van der Waals surface area contributed by atoms with Gasteiger partial charge in [-0.1, -0.05) is 25.1 Å². The average molecular weight is 365 g/mol. The molecule has 0 unspecified atom stereocenters. The van der Waals surface area contributed by atoms with Crippen LogP contribution in [0.1, 0.15) is 45.1 Å². The van der Waals surface area contributed by atoms with Crippen molar-refractivity contribution in [3.8, 4) is 5.75 Å². The van der Waals surface area contributed by atoms with E-state index < -0.39 is 0 Å². The van der Waals surface area contributed by atoms with Gasteiger partial charge < -0.3 is 14.5 Å². The molecule has 1 aromatic carbocycles. The van der Waals surface area contributed by atoms with Gasteiger partial charge in [0.25, 0.3) is 0 Å². The quantitative estimate of drug-likeness (QED) is 0.745. The Labute approximate surface area is 154 Å². The fourth-order valence-electron chi connectivity index (χ4n) is 3.10. The van der Waals surface area contributed by atoms with Crippen LogP contribution in [-0.4, -0.2) is 53.1 Å². The van der Waals surface area contributed by atoms with E-state index in [2.05, 4.69) is 0 Å². The van der Waals surface area contributed by atoms with Crippen molar-refractivity contribution in [1.29, 1.82) is 0 Å². The number of para-hydroxylation sites is 1. The fourth-order valence-corrected chi connectivity index (χ4v) is 4.44. The Hall–Kier alpha value is -1.69. The number of rotatable bonds is 7. The summed E-state index contributed by atoms with van der Waals surface area (Å²) < 4.78 is 5.48. The van der Waals surface area contributed by atoms with Crippen LogP contribution in [0.2, 0.25) is 0 Å². The van der Waals surface area contributed by atoms with Crippen molar-refractivity contribution in [2.24, 2.45) is 0 Å². The molecule has 1 fully saturated rings. The van der Waals surface area contributed by atoms with Gasteiger partial charge in [0.1, 0.15) is 11.1 Å². The van der Waals surface area contributed by atoms with E-state index in [0.29, 0.717) is 19.5 Å². The molecule has 6 heteroatoms. The summed E-state index contributed by atoms with van der Waals surface area (Å²) in [5.41, 5.74) is 1.01. The zero-order valence-electron chi connectivity index (χ0n) is 15.7. The smallest absolute Gasteiger partial charge is 0.236 e. The first-order chi connectivity index (χ1) is 11.9. The Bertz CT molecular complexity index is 620. The van der Waals surface area contributed by atoms with Crippen LogP contribution >= 0.6 is 11.8 Å². The minimum Gasteiger partial charge on any atom is -0.496 e. The second-order valence-corrected chi connectivity index (χ2v) is 7.86. The lowest BCUT2D eigenvalue weighted by Crippen LogP contribution is -2.43. The van der Waals surface area contributed by atoms with E-state index in [-0.39, 0.29) is 28.5 Å². The normalized spacial score (nSPS) is 20.2. The predicted octanol–water partition coefficient (Wildman–Crippen LogP) is 3.30. The zero-order valence-corrected chi connectivity index (χ0v) is 16.5. The summed E-state index contributed by atoms with van der Waals surface area (Å²) in [6.07, 6.45) is 0.479. The minimum absolute atomic E-state index is 0.0793. The Kier molecular flexibility index (Phi) is 6.76. The number of benzene rings is 1. The van der Waals surface area contributed by atoms with Crippen LogP contribution < -0.4 is 4.74 Å². The van der Waals surface area contributed by atoms with E-state index in [1.165, 1.54) is 0 Å². The molecule has 5 nitrogen and oxygen atoms in total. The summed E-state index contributed by atoms with van der Waals surface area (Å²) in [5.74, 6) is 1.03. The van der Waals surface area contributed by atoms with Crippen LogP contribution in [0.15, 0.2) is 24.3 Å². The number of carbonyl (C=O) groups excluding carboxylic acids is 2. The highest BCUT2D eigenvalue weighted by Crippen LogP contribution is 2.45. The average Bonchev–Trinajstić information content (AvgIpc) is 2.89. The van der Waals surface area contributed by atoms with E-state index in [0.717, 1.165) is 11.3 Å². The van der Waals surface area contributed by atoms with Gasteiger partial charge in [0, 0.05) is 31.1 Å². The molecule has 2 atom stereocenters. The molecule has 2 rings (SSSR count). The van der Waals surface area contributed by atoms with Crippen LogP contribution in [0.25, 0.3) is 0 Å². The molecule has 1 aliphatic rings. The van der Waals surface area contributed by atoms with Gasteiger partial charge in [-0.25, -0.2) is 0 Å². The number of hydrogen-bond donors (Lipinski definition) is 0. The van der Waals surface area contributed by atoms with Crippen molar-refractivity contribution in [3.05, 3.63) is 29.8 Å². The highest BCUT2D eigenvalue weighted by molar-refractivity contribution is 8.01. The molecule has 1 aliphatic heterocycles. The summed E-state index contributed by atoms with van der Waals surface area (Å²) in [5, 5.41) is -0.173. The van der Waals surface area contributed by atoms with Crippen LogP contribution in [0.3, 0.4) is 0 Å². The SMILES string of the molecule is CCC(=O)N(CCN1C(=O)[C@@H](C)S[C@H]1c1ccccc1OC)C(C)C. The van der Waals surface area contributed by atoms with Gasteiger partial charge in [0.15, 0.2) is 0 Å². The van der Waals surface area contributed by atoms with Crippen molar-refractivity contribution in [2.45, 2.75) is 50.8 Å². The monoisotopic (exact) mass is 364 g/mol. The molecule has 0 radical (unpaired) electrons. The topological polar surface area (TPSA) is 49.9 Å². The van der Waals surface area contributed by atoms with Gasteiger partial charge in [0.05, 0.1) is 12.4 Å². The summed E-state index contributed by atoms with van der Waals surface area (Å²) in [7, 11) is 1.65. The number of amides is 2. The Morgan fingerprint density at radius 2 is 2.04 bits per heavy atom. The number of hydrogen-bond acceptors (Lipinski definition) is 4. The summed E-state index contributed by atoms with van der Waals surface area (Å²) in [6, 6.07) is 7.94. The Balaban J connectivity index is 2.21. The third kappa shape index (κ3) is 4.29.